The molecular formula is C15H26N2O. The Bertz CT molecular complexity index is 394. The fourth-order valence-electron chi connectivity index (χ4n) is 2.08. The largest absolute Gasteiger partial charge is 0.496 e. The summed E-state index contributed by atoms with van der Waals surface area (Å²) in [5, 5.41) is 0. The summed E-state index contributed by atoms with van der Waals surface area (Å²) >= 11 is 0. The van der Waals surface area contributed by atoms with Gasteiger partial charge >= 0.3 is 0 Å². The Morgan fingerprint density at radius 3 is 2.28 bits per heavy atom. The molecule has 2 N–H and O–H groups in total. The third-order valence-electron chi connectivity index (χ3n) is 3.30. The SMILES string of the molecule is COc1ccc(C(C)(C)C)cc1C(CN)N(C)C. The predicted molar refractivity (Wildman–Crippen MR) is 77.2 cm³/mol. The minimum Gasteiger partial charge on any atom is -0.496 e. The molecule has 1 atom stereocenters. The van der Waals surface area contributed by atoms with Crippen LogP contribution in [0.4, 0.5) is 0 Å². The van der Waals surface area contributed by atoms with E-state index in [-0.39, 0.29) is 11.5 Å². The van der Waals surface area contributed by atoms with Crippen molar-refractivity contribution in [3.05, 3.63) is 29.3 Å². The highest BCUT2D eigenvalue weighted by atomic mass is 16.5. The fraction of sp³-hybridized carbons (Fsp3) is 0.600. The van der Waals surface area contributed by atoms with Crippen LogP contribution in [0.5, 0.6) is 5.75 Å². The molecule has 1 rings (SSSR count). The Balaban J connectivity index is 3.29. The molecule has 0 aliphatic rings. The van der Waals surface area contributed by atoms with Crippen molar-refractivity contribution in [1.29, 1.82) is 0 Å². The van der Waals surface area contributed by atoms with Gasteiger partial charge in [-0.05, 0) is 37.2 Å². The third-order valence-corrected chi connectivity index (χ3v) is 3.30. The lowest BCUT2D eigenvalue weighted by Crippen LogP contribution is -2.28. The van der Waals surface area contributed by atoms with Gasteiger partial charge in [-0.25, -0.2) is 0 Å². The van der Waals surface area contributed by atoms with Crippen molar-refractivity contribution in [1.82, 2.24) is 4.90 Å². The fourth-order valence-corrected chi connectivity index (χ4v) is 2.08. The molecule has 0 aliphatic heterocycles. The Hall–Kier alpha value is -1.06. The minimum absolute atomic E-state index is 0.131. The first-order valence-electron chi connectivity index (χ1n) is 6.36. The lowest BCUT2D eigenvalue weighted by atomic mass is 9.85. The van der Waals surface area contributed by atoms with Crippen LogP contribution in [0.3, 0.4) is 0 Å². The maximum atomic E-state index is 5.89. The second kappa shape index (κ2) is 5.72. The van der Waals surface area contributed by atoms with Crippen LogP contribution in [0.2, 0.25) is 0 Å². The highest BCUT2D eigenvalue weighted by molar-refractivity contribution is 5.41. The summed E-state index contributed by atoms with van der Waals surface area (Å²) < 4.78 is 5.46. The molecule has 0 saturated carbocycles. The topological polar surface area (TPSA) is 38.5 Å². The summed E-state index contributed by atoms with van der Waals surface area (Å²) in [6.07, 6.45) is 0. The number of likely N-dealkylation sites (N-methyl/N-ethyl adjacent to an activating group) is 1. The van der Waals surface area contributed by atoms with Gasteiger partial charge in [0.15, 0.2) is 0 Å². The molecule has 3 heteroatoms. The van der Waals surface area contributed by atoms with E-state index in [1.54, 1.807) is 7.11 Å². The molecule has 0 spiro atoms. The van der Waals surface area contributed by atoms with E-state index in [4.69, 9.17) is 10.5 Å². The van der Waals surface area contributed by atoms with Crippen LogP contribution in [0, 0.1) is 0 Å². The van der Waals surface area contributed by atoms with E-state index in [2.05, 4.69) is 37.8 Å². The molecule has 0 radical (unpaired) electrons. The normalized spacial score (nSPS) is 13.8. The van der Waals surface area contributed by atoms with Gasteiger partial charge in [0.05, 0.1) is 13.2 Å². The van der Waals surface area contributed by atoms with Crippen molar-refractivity contribution in [3.8, 4) is 5.75 Å². The third kappa shape index (κ3) is 3.24. The number of nitrogens with zero attached hydrogens (tertiary/aromatic N) is 1. The number of nitrogens with two attached hydrogens (primary N) is 1. The van der Waals surface area contributed by atoms with Crippen molar-refractivity contribution in [2.45, 2.75) is 32.2 Å². The van der Waals surface area contributed by atoms with Crippen LogP contribution in [-0.4, -0.2) is 32.6 Å². The first kappa shape index (κ1) is 15.0. The number of rotatable bonds is 4. The van der Waals surface area contributed by atoms with E-state index in [0.717, 1.165) is 11.3 Å². The van der Waals surface area contributed by atoms with Gasteiger partial charge in [0.1, 0.15) is 5.75 Å². The number of ether oxygens (including phenoxy) is 1. The molecule has 0 aliphatic carbocycles. The monoisotopic (exact) mass is 250 g/mol. The quantitative estimate of drug-likeness (QED) is 0.892. The molecule has 18 heavy (non-hydrogen) atoms. The average molecular weight is 250 g/mol. The van der Waals surface area contributed by atoms with Gasteiger partial charge in [0.25, 0.3) is 0 Å². The second-order valence-corrected chi connectivity index (χ2v) is 5.92. The van der Waals surface area contributed by atoms with Gasteiger partial charge in [0.2, 0.25) is 0 Å². The molecule has 3 nitrogen and oxygen atoms in total. The van der Waals surface area contributed by atoms with E-state index in [0.29, 0.717) is 6.54 Å². The highest BCUT2D eigenvalue weighted by Crippen LogP contribution is 2.32. The van der Waals surface area contributed by atoms with E-state index in [9.17, 15) is 0 Å². The molecule has 1 aromatic carbocycles. The highest BCUT2D eigenvalue weighted by Gasteiger charge is 2.21. The van der Waals surface area contributed by atoms with Gasteiger partial charge < -0.3 is 15.4 Å². The molecule has 102 valence electrons. The molecule has 0 fully saturated rings. The first-order valence-corrected chi connectivity index (χ1v) is 6.36. The van der Waals surface area contributed by atoms with Crippen molar-refractivity contribution in [2.24, 2.45) is 5.73 Å². The number of benzene rings is 1. The van der Waals surface area contributed by atoms with Crippen molar-refractivity contribution in [2.75, 3.05) is 27.7 Å². The number of methoxy groups -OCH3 is 1. The number of hydrogen-bond acceptors (Lipinski definition) is 3. The standard InChI is InChI=1S/C15H26N2O/c1-15(2,3)11-7-8-14(18-6)12(9-11)13(10-16)17(4)5/h7-9,13H,10,16H2,1-6H3. The van der Waals surface area contributed by atoms with Gasteiger partial charge in [-0.2, -0.15) is 0 Å². The second-order valence-electron chi connectivity index (χ2n) is 5.92. The van der Waals surface area contributed by atoms with Gasteiger partial charge in [0, 0.05) is 12.1 Å². The molecule has 0 heterocycles. The van der Waals surface area contributed by atoms with Gasteiger partial charge in [-0.1, -0.05) is 26.8 Å². The summed E-state index contributed by atoms with van der Waals surface area (Å²) in [6.45, 7) is 7.22. The molecule has 0 amide bonds. The Morgan fingerprint density at radius 1 is 1.28 bits per heavy atom. The predicted octanol–water partition coefficient (Wildman–Crippen LogP) is 2.55. The first-order chi connectivity index (χ1) is 8.31. The Morgan fingerprint density at radius 2 is 1.89 bits per heavy atom. The summed E-state index contributed by atoms with van der Waals surface area (Å²) in [7, 11) is 5.79. The molecule has 0 aromatic heterocycles. The van der Waals surface area contributed by atoms with Gasteiger partial charge in [-0.3, -0.25) is 0 Å². The van der Waals surface area contributed by atoms with Crippen LogP contribution in [0.1, 0.15) is 37.9 Å². The summed E-state index contributed by atoms with van der Waals surface area (Å²) in [5.41, 5.74) is 8.49. The van der Waals surface area contributed by atoms with E-state index >= 15 is 0 Å². The van der Waals surface area contributed by atoms with Crippen LogP contribution in [-0.2, 0) is 5.41 Å². The molecular weight excluding hydrogens is 224 g/mol. The van der Waals surface area contributed by atoms with Crippen LogP contribution < -0.4 is 10.5 Å². The zero-order valence-electron chi connectivity index (χ0n) is 12.4. The van der Waals surface area contributed by atoms with Crippen LogP contribution in [0.25, 0.3) is 0 Å². The Labute approximate surface area is 111 Å². The maximum Gasteiger partial charge on any atom is 0.123 e. The smallest absolute Gasteiger partial charge is 0.123 e. The summed E-state index contributed by atoms with van der Waals surface area (Å²) in [6, 6.07) is 6.58. The Kier molecular flexibility index (Phi) is 4.77. The molecule has 1 unspecified atom stereocenters. The zero-order valence-corrected chi connectivity index (χ0v) is 12.4. The van der Waals surface area contributed by atoms with Crippen molar-refractivity contribution in [3.63, 3.8) is 0 Å². The van der Waals surface area contributed by atoms with Crippen molar-refractivity contribution >= 4 is 0 Å². The van der Waals surface area contributed by atoms with Crippen LogP contribution in [0.15, 0.2) is 18.2 Å². The average Bonchev–Trinajstić information content (AvgIpc) is 2.28. The summed E-state index contributed by atoms with van der Waals surface area (Å²) in [5.74, 6) is 0.909. The molecule has 0 bridgehead atoms. The molecule has 0 saturated heterocycles. The summed E-state index contributed by atoms with van der Waals surface area (Å²) in [4.78, 5) is 2.13. The zero-order chi connectivity index (χ0) is 13.9. The van der Waals surface area contributed by atoms with Crippen LogP contribution >= 0.6 is 0 Å². The number of hydrogen-bond donors (Lipinski definition) is 1. The maximum absolute atomic E-state index is 5.89. The molecule has 1 aromatic rings. The lowest BCUT2D eigenvalue weighted by molar-refractivity contribution is 0.294. The lowest BCUT2D eigenvalue weighted by Gasteiger charge is -2.27. The van der Waals surface area contributed by atoms with E-state index in [1.807, 2.05) is 20.2 Å². The van der Waals surface area contributed by atoms with E-state index in [1.165, 1.54) is 5.56 Å². The minimum atomic E-state index is 0.131. The van der Waals surface area contributed by atoms with Gasteiger partial charge in [-0.15, -0.1) is 0 Å². The van der Waals surface area contributed by atoms with Crippen molar-refractivity contribution < 1.29 is 4.74 Å². The van der Waals surface area contributed by atoms with E-state index < -0.39 is 0 Å².